The fourth-order valence-corrected chi connectivity index (χ4v) is 0. The van der Waals surface area contributed by atoms with E-state index in [1.54, 1.807) is 0 Å². The van der Waals surface area contributed by atoms with Crippen LogP contribution in [0.3, 0.4) is 0 Å². The first kappa shape index (κ1) is 9.39. The monoisotopic (exact) mass is 106 g/mol. The van der Waals surface area contributed by atoms with Gasteiger partial charge in [-0.2, -0.15) is 0 Å². The van der Waals surface area contributed by atoms with E-state index in [2.05, 4.69) is 19.9 Å². The van der Waals surface area contributed by atoms with Crippen LogP contribution in [0.25, 0.3) is 0 Å². The molecule has 0 fully saturated rings. The van der Waals surface area contributed by atoms with Crippen LogP contribution in [0.15, 0.2) is 11.6 Å². The van der Waals surface area contributed by atoms with Gasteiger partial charge in [0.1, 0.15) is 0 Å². The van der Waals surface area contributed by atoms with Gasteiger partial charge in [0.15, 0.2) is 0 Å². The normalized spacial score (nSPS) is 5.83. The molecule has 0 aliphatic rings. The second kappa shape index (κ2) is 5.03. The van der Waals surface area contributed by atoms with Crippen LogP contribution < -0.4 is 0 Å². The second-order valence-electron chi connectivity index (χ2n) is 1.37. The van der Waals surface area contributed by atoms with Crippen molar-refractivity contribution in [1.29, 1.82) is 0 Å². The van der Waals surface area contributed by atoms with Crippen molar-refractivity contribution in [1.82, 2.24) is 0 Å². The summed E-state index contributed by atoms with van der Waals surface area (Å²) in [7, 11) is 0. The summed E-state index contributed by atoms with van der Waals surface area (Å²) in [5.41, 5.74) is 1.38. The van der Waals surface area contributed by atoms with Gasteiger partial charge in [-0.05, 0) is 20.8 Å². The van der Waals surface area contributed by atoms with Crippen LogP contribution in [0.2, 0.25) is 0 Å². The van der Waals surface area contributed by atoms with E-state index in [4.69, 9.17) is 0 Å². The molecule has 0 aliphatic carbocycles. The lowest BCUT2D eigenvalue weighted by Crippen LogP contribution is -1.52. The molecule has 0 unspecified atom stereocenters. The van der Waals surface area contributed by atoms with Crippen molar-refractivity contribution in [3.8, 4) is 0 Å². The van der Waals surface area contributed by atoms with Gasteiger partial charge < -0.3 is 0 Å². The van der Waals surface area contributed by atoms with Gasteiger partial charge in [0.2, 0.25) is 0 Å². The Hall–Kier alpha value is 0.0300. The zero-order valence-corrected chi connectivity index (χ0v) is 5.30. The molecule has 38 valence electrons. The summed E-state index contributed by atoms with van der Waals surface area (Å²) in [4.78, 5) is 0. The predicted molar refractivity (Wildman–Crippen MR) is 32.4 cm³/mol. The Morgan fingerprint density at radius 3 is 1.50 bits per heavy atom. The fourth-order valence-electron chi connectivity index (χ4n) is 0. The molecule has 0 saturated carbocycles. The molecule has 0 aliphatic heterocycles. The van der Waals surface area contributed by atoms with Crippen LogP contribution in [0.1, 0.15) is 20.8 Å². The highest BCUT2D eigenvalue weighted by molar-refractivity contribution is 5.85. The summed E-state index contributed by atoms with van der Waals surface area (Å²) in [6.07, 6.45) is 2.08. The van der Waals surface area contributed by atoms with Crippen molar-refractivity contribution < 1.29 is 0 Å². The molecule has 0 atom stereocenters. The van der Waals surface area contributed by atoms with E-state index in [9.17, 15) is 0 Å². The highest BCUT2D eigenvalue weighted by atomic mass is 35.5. The summed E-state index contributed by atoms with van der Waals surface area (Å²) in [5, 5.41) is 0. The predicted octanol–water partition coefficient (Wildman–Crippen LogP) is 2.39. The molecule has 0 N–H and O–H groups in total. The molecule has 1 heteroatoms. The van der Waals surface area contributed by atoms with E-state index in [0.717, 1.165) is 0 Å². The maximum atomic E-state index is 2.08. The van der Waals surface area contributed by atoms with Gasteiger partial charge in [-0.15, -0.1) is 12.4 Å². The Bertz CT molecular complexity index is 41.9. The molecular formula is C5H11Cl. The molecule has 0 spiro atoms. The third-order valence-corrected chi connectivity index (χ3v) is 0.577. The van der Waals surface area contributed by atoms with Gasteiger partial charge in [0, 0.05) is 0 Å². The van der Waals surface area contributed by atoms with Crippen molar-refractivity contribution >= 4 is 12.4 Å². The van der Waals surface area contributed by atoms with Gasteiger partial charge in [0.05, 0.1) is 0 Å². The van der Waals surface area contributed by atoms with E-state index in [1.807, 2.05) is 6.92 Å². The van der Waals surface area contributed by atoms with Crippen LogP contribution in [0.4, 0.5) is 0 Å². The van der Waals surface area contributed by atoms with Crippen molar-refractivity contribution in [2.45, 2.75) is 20.8 Å². The summed E-state index contributed by atoms with van der Waals surface area (Å²) in [6, 6.07) is 0. The minimum Gasteiger partial charge on any atom is -0.147 e. The Balaban J connectivity index is 0. The van der Waals surface area contributed by atoms with Gasteiger partial charge in [0.25, 0.3) is 0 Å². The molecule has 0 aromatic carbocycles. The Kier molecular flexibility index (Phi) is 7.88. The third-order valence-electron chi connectivity index (χ3n) is 0.577. The maximum absolute atomic E-state index is 2.08. The minimum atomic E-state index is 0. The lowest BCUT2D eigenvalue weighted by molar-refractivity contribution is 1.36. The molecule has 0 aromatic heterocycles. The van der Waals surface area contributed by atoms with Crippen LogP contribution in [0.5, 0.6) is 0 Å². The maximum Gasteiger partial charge on any atom is -0.0442 e. The molecule has 0 nitrogen and oxygen atoms in total. The van der Waals surface area contributed by atoms with E-state index in [1.165, 1.54) is 5.57 Å². The zero-order chi connectivity index (χ0) is 4.28. The van der Waals surface area contributed by atoms with Crippen LogP contribution >= 0.6 is 12.4 Å². The van der Waals surface area contributed by atoms with Crippen molar-refractivity contribution in [2.75, 3.05) is 0 Å². The fraction of sp³-hybridized carbons (Fsp3) is 0.600. The first-order valence-corrected chi connectivity index (χ1v) is 1.87. The average Bonchev–Trinajstić information content (AvgIpc) is 1.38. The molecule has 0 bridgehead atoms. The number of hydrogen-bond donors (Lipinski definition) is 0. The zero-order valence-electron chi connectivity index (χ0n) is 4.49. The van der Waals surface area contributed by atoms with Gasteiger partial charge in [-0.3, -0.25) is 0 Å². The lowest BCUT2D eigenvalue weighted by atomic mass is 10.3. The molecule has 0 amide bonds. The molecule has 0 saturated heterocycles. The standard InChI is InChI=1S/C5H10.ClH/c1-4-5(2)3;/h4H,1-3H3;1H. The Morgan fingerprint density at radius 2 is 1.50 bits per heavy atom. The summed E-state index contributed by atoms with van der Waals surface area (Å²) in [5.74, 6) is 0. The second-order valence-corrected chi connectivity index (χ2v) is 1.37. The van der Waals surface area contributed by atoms with Crippen molar-refractivity contribution in [3.63, 3.8) is 0 Å². The van der Waals surface area contributed by atoms with E-state index in [0.29, 0.717) is 0 Å². The molecule has 0 aromatic rings. The minimum absolute atomic E-state index is 0. The number of hydrogen-bond acceptors (Lipinski definition) is 0. The van der Waals surface area contributed by atoms with Crippen molar-refractivity contribution in [3.05, 3.63) is 11.6 Å². The average molecular weight is 107 g/mol. The van der Waals surface area contributed by atoms with E-state index < -0.39 is 0 Å². The van der Waals surface area contributed by atoms with Gasteiger partial charge >= 0.3 is 0 Å². The molecular weight excluding hydrogens is 95.5 g/mol. The Labute approximate surface area is 45.7 Å². The number of rotatable bonds is 0. The first-order valence-electron chi connectivity index (χ1n) is 1.87. The number of allylic oxidation sites excluding steroid dienone is 2. The van der Waals surface area contributed by atoms with Crippen LogP contribution in [0, 0.1) is 0 Å². The molecule has 0 radical (unpaired) electrons. The first-order chi connectivity index (χ1) is 2.27. The molecule has 0 heterocycles. The summed E-state index contributed by atoms with van der Waals surface area (Å²) >= 11 is 0. The Morgan fingerprint density at radius 1 is 1.33 bits per heavy atom. The third kappa shape index (κ3) is 8.98. The molecule has 6 heavy (non-hydrogen) atoms. The molecule has 0 rings (SSSR count). The largest absolute Gasteiger partial charge is 0.147 e. The highest BCUT2D eigenvalue weighted by Crippen LogP contribution is 1.82. The van der Waals surface area contributed by atoms with E-state index >= 15 is 0 Å². The van der Waals surface area contributed by atoms with Crippen LogP contribution in [-0.2, 0) is 0 Å². The quantitative estimate of drug-likeness (QED) is 0.416. The lowest BCUT2D eigenvalue weighted by Gasteiger charge is -1.74. The van der Waals surface area contributed by atoms with Gasteiger partial charge in [-0.25, -0.2) is 0 Å². The SMILES string of the molecule is CC=C(C)C.Cl. The van der Waals surface area contributed by atoms with Crippen LogP contribution in [-0.4, -0.2) is 0 Å². The van der Waals surface area contributed by atoms with E-state index in [-0.39, 0.29) is 12.4 Å². The summed E-state index contributed by atoms with van der Waals surface area (Å²) < 4.78 is 0. The van der Waals surface area contributed by atoms with Gasteiger partial charge in [-0.1, -0.05) is 11.6 Å². The number of halogens is 1. The van der Waals surface area contributed by atoms with Crippen molar-refractivity contribution in [2.24, 2.45) is 0 Å². The summed E-state index contributed by atoms with van der Waals surface area (Å²) in [6.45, 7) is 6.20. The smallest absolute Gasteiger partial charge is 0.0442 e. The highest BCUT2D eigenvalue weighted by Gasteiger charge is 1.60. The topological polar surface area (TPSA) is 0 Å².